The first-order valence-electron chi connectivity index (χ1n) is 10.6. The molecule has 1 aliphatic heterocycles. The molecule has 2 amide bonds. The molecular weight excluding hydrogens is 477 g/mol. The summed E-state index contributed by atoms with van der Waals surface area (Å²) in [5.74, 6) is -1.44. The van der Waals surface area contributed by atoms with Crippen LogP contribution in [-0.4, -0.2) is 27.0 Å². The molecule has 0 fully saturated rings. The smallest absolute Gasteiger partial charge is 0.416 e. The van der Waals surface area contributed by atoms with Crippen LogP contribution >= 0.6 is 0 Å². The standard InChI is InChI=1S/C25H19F3N4O4/c1-14-6-8-16(9-7-14)22-19(11-29)15(2)32(18-5-3-4-17(10-18)25(26,27)28)24(35)31(22)12-21-30-20(13-36-21)23(33)34/h3-10,13,22H,12H2,1-2H3,(H,33,34). The molecule has 2 aromatic carbocycles. The van der Waals surface area contributed by atoms with Crippen molar-refractivity contribution in [3.05, 3.63) is 94.3 Å². The van der Waals surface area contributed by atoms with Crippen LogP contribution in [0, 0.1) is 18.3 Å². The van der Waals surface area contributed by atoms with Gasteiger partial charge in [-0.3, -0.25) is 4.90 Å². The first-order chi connectivity index (χ1) is 17.0. The number of hydrogen-bond acceptors (Lipinski definition) is 5. The highest BCUT2D eigenvalue weighted by Crippen LogP contribution is 2.41. The Morgan fingerprint density at radius 3 is 2.47 bits per heavy atom. The number of aryl methyl sites for hydroxylation is 1. The number of carbonyl (C=O) groups is 2. The first kappa shape index (κ1) is 24.5. The van der Waals surface area contributed by atoms with Crippen LogP contribution in [0.15, 0.2) is 70.5 Å². The number of carboxylic acid groups (broad SMARTS) is 1. The quantitative estimate of drug-likeness (QED) is 0.487. The van der Waals surface area contributed by atoms with Crippen molar-refractivity contribution in [1.29, 1.82) is 5.26 Å². The number of amides is 2. The lowest BCUT2D eigenvalue weighted by Crippen LogP contribution is -2.49. The summed E-state index contributed by atoms with van der Waals surface area (Å²) in [6, 6.07) is 11.8. The molecule has 0 aliphatic carbocycles. The van der Waals surface area contributed by atoms with Gasteiger partial charge in [-0.25, -0.2) is 14.6 Å². The second kappa shape index (κ2) is 9.22. The molecule has 1 aliphatic rings. The number of halogens is 3. The van der Waals surface area contributed by atoms with Crippen LogP contribution in [0.2, 0.25) is 0 Å². The normalized spacial score (nSPS) is 16.3. The lowest BCUT2D eigenvalue weighted by Gasteiger charge is -2.41. The van der Waals surface area contributed by atoms with Crippen molar-refractivity contribution in [2.45, 2.75) is 32.6 Å². The summed E-state index contributed by atoms with van der Waals surface area (Å²) in [5, 5.41) is 19.2. The van der Waals surface area contributed by atoms with E-state index in [1.165, 1.54) is 24.0 Å². The molecule has 8 nitrogen and oxygen atoms in total. The molecule has 36 heavy (non-hydrogen) atoms. The van der Waals surface area contributed by atoms with Gasteiger partial charge in [0.2, 0.25) is 5.89 Å². The molecule has 1 aromatic heterocycles. The maximum absolute atomic E-state index is 13.8. The topological polar surface area (TPSA) is 111 Å². The van der Waals surface area contributed by atoms with Gasteiger partial charge in [-0.05, 0) is 37.6 Å². The minimum atomic E-state index is -4.64. The van der Waals surface area contributed by atoms with Crippen molar-refractivity contribution in [1.82, 2.24) is 9.88 Å². The lowest BCUT2D eigenvalue weighted by atomic mass is 9.93. The number of aromatic carboxylic acids is 1. The Balaban J connectivity index is 1.87. The molecule has 184 valence electrons. The number of alkyl halides is 3. The SMILES string of the molecule is CC1=C(C#N)C(c2ccc(C)cc2)N(Cc2nc(C(=O)O)co2)C(=O)N1c1cccc(C(F)(F)F)c1. The van der Waals surface area contributed by atoms with Crippen LogP contribution in [0.5, 0.6) is 0 Å². The average molecular weight is 496 g/mol. The van der Waals surface area contributed by atoms with Crippen LogP contribution in [0.25, 0.3) is 0 Å². The number of benzene rings is 2. The lowest BCUT2D eigenvalue weighted by molar-refractivity contribution is -0.137. The van der Waals surface area contributed by atoms with E-state index in [1.54, 1.807) is 24.3 Å². The number of carboxylic acids is 1. The summed E-state index contributed by atoms with van der Waals surface area (Å²) in [6.07, 6.45) is -3.72. The molecule has 0 bridgehead atoms. The molecular formula is C25H19F3N4O4. The van der Waals surface area contributed by atoms with Gasteiger partial charge < -0.3 is 14.4 Å². The van der Waals surface area contributed by atoms with Crippen LogP contribution in [0.3, 0.4) is 0 Å². The van der Waals surface area contributed by atoms with Gasteiger partial charge in [0.25, 0.3) is 0 Å². The number of hydrogen-bond donors (Lipinski definition) is 1. The summed E-state index contributed by atoms with van der Waals surface area (Å²) in [6.45, 7) is 3.02. The van der Waals surface area contributed by atoms with Crippen molar-refractivity contribution in [3.8, 4) is 6.07 Å². The predicted molar refractivity (Wildman–Crippen MR) is 121 cm³/mol. The number of carbonyl (C=O) groups excluding carboxylic acids is 1. The van der Waals surface area contributed by atoms with Crippen molar-refractivity contribution in [3.63, 3.8) is 0 Å². The fourth-order valence-electron chi connectivity index (χ4n) is 4.01. The van der Waals surface area contributed by atoms with E-state index in [-0.39, 0.29) is 35.1 Å². The first-order valence-corrected chi connectivity index (χ1v) is 10.6. The number of anilines is 1. The molecule has 1 unspecified atom stereocenters. The van der Waals surface area contributed by atoms with Crippen LogP contribution in [0.1, 0.15) is 46.0 Å². The number of urea groups is 1. The van der Waals surface area contributed by atoms with Gasteiger partial charge in [0.1, 0.15) is 12.8 Å². The van der Waals surface area contributed by atoms with Crippen LogP contribution < -0.4 is 4.90 Å². The molecule has 1 N–H and O–H groups in total. The Bertz CT molecular complexity index is 1400. The highest BCUT2D eigenvalue weighted by atomic mass is 19.4. The largest absolute Gasteiger partial charge is 0.476 e. The summed E-state index contributed by atoms with van der Waals surface area (Å²) in [5.41, 5.74) is 0.414. The highest BCUT2D eigenvalue weighted by Gasteiger charge is 2.41. The fourth-order valence-corrected chi connectivity index (χ4v) is 4.01. The van der Waals surface area contributed by atoms with E-state index in [0.717, 1.165) is 28.9 Å². The van der Waals surface area contributed by atoms with Gasteiger partial charge in [0.05, 0.1) is 28.9 Å². The van der Waals surface area contributed by atoms with E-state index in [1.807, 2.05) is 6.92 Å². The van der Waals surface area contributed by atoms with E-state index >= 15 is 0 Å². The van der Waals surface area contributed by atoms with Crippen molar-refractivity contribution >= 4 is 17.7 Å². The summed E-state index contributed by atoms with van der Waals surface area (Å²) < 4.78 is 45.3. The number of rotatable bonds is 5. The van der Waals surface area contributed by atoms with Gasteiger partial charge in [-0.1, -0.05) is 35.9 Å². The van der Waals surface area contributed by atoms with Gasteiger partial charge >= 0.3 is 18.2 Å². The molecule has 3 aromatic rings. The zero-order valence-corrected chi connectivity index (χ0v) is 19.1. The van der Waals surface area contributed by atoms with E-state index in [4.69, 9.17) is 9.52 Å². The van der Waals surface area contributed by atoms with E-state index in [9.17, 15) is 28.0 Å². The van der Waals surface area contributed by atoms with Crippen LogP contribution in [-0.2, 0) is 12.7 Å². The third-order valence-electron chi connectivity index (χ3n) is 5.77. The van der Waals surface area contributed by atoms with E-state index < -0.39 is 29.8 Å². The summed E-state index contributed by atoms with van der Waals surface area (Å²) in [4.78, 5) is 31.1. The molecule has 0 radical (unpaired) electrons. The van der Waals surface area contributed by atoms with Crippen molar-refractivity contribution in [2.75, 3.05) is 4.90 Å². The third-order valence-corrected chi connectivity index (χ3v) is 5.77. The van der Waals surface area contributed by atoms with Gasteiger partial charge in [0, 0.05) is 5.70 Å². The van der Waals surface area contributed by atoms with E-state index in [2.05, 4.69) is 11.1 Å². The molecule has 1 atom stereocenters. The maximum Gasteiger partial charge on any atom is 0.416 e. The fraction of sp³-hybridized carbons (Fsp3) is 0.200. The van der Waals surface area contributed by atoms with Gasteiger partial charge in [-0.2, -0.15) is 18.4 Å². The summed E-state index contributed by atoms with van der Waals surface area (Å²) >= 11 is 0. The molecule has 0 spiro atoms. The maximum atomic E-state index is 13.8. The predicted octanol–water partition coefficient (Wildman–Crippen LogP) is 5.68. The van der Waals surface area contributed by atoms with Crippen LogP contribution in [0.4, 0.5) is 23.7 Å². The Morgan fingerprint density at radius 2 is 1.89 bits per heavy atom. The molecule has 11 heteroatoms. The Hall–Kier alpha value is -4.59. The molecule has 4 rings (SSSR count). The van der Waals surface area contributed by atoms with Gasteiger partial charge in [0.15, 0.2) is 5.69 Å². The van der Waals surface area contributed by atoms with E-state index in [0.29, 0.717) is 5.56 Å². The number of oxazole rings is 1. The highest BCUT2D eigenvalue weighted by molar-refractivity contribution is 5.97. The Morgan fingerprint density at radius 1 is 1.19 bits per heavy atom. The third kappa shape index (κ3) is 4.53. The minimum Gasteiger partial charge on any atom is -0.476 e. The number of nitriles is 1. The Labute approximate surface area is 203 Å². The van der Waals surface area contributed by atoms with Crippen molar-refractivity contribution in [2.24, 2.45) is 0 Å². The molecule has 2 heterocycles. The second-order valence-corrected chi connectivity index (χ2v) is 8.15. The number of allylic oxidation sites excluding steroid dienone is 1. The second-order valence-electron chi connectivity index (χ2n) is 8.15. The molecule has 0 saturated carbocycles. The summed E-state index contributed by atoms with van der Waals surface area (Å²) in [7, 11) is 0. The number of aromatic nitrogens is 1. The Kier molecular flexibility index (Phi) is 6.28. The number of nitrogens with zero attached hydrogens (tertiary/aromatic N) is 4. The minimum absolute atomic E-state index is 0.0777. The zero-order valence-electron chi connectivity index (χ0n) is 19.1. The zero-order chi connectivity index (χ0) is 26.2. The van der Waals surface area contributed by atoms with Crippen molar-refractivity contribution < 1.29 is 32.3 Å². The van der Waals surface area contributed by atoms with Gasteiger partial charge in [-0.15, -0.1) is 0 Å². The monoisotopic (exact) mass is 496 g/mol. The molecule has 0 saturated heterocycles. The average Bonchev–Trinajstić information content (AvgIpc) is 3.30.